The van der Waals surface area contributed by atoms with Crippen molar-refractivity contribution in [1.82, 2.24) is 19.8 Å². The van der Waals surface area contributed by atoms with E-state index in [1.165, 1.54) is 42.9 Å². The van der Waals surface area contributed by atoms with Crippen LogP contribution in [-0.4, -0.2) is 27.5 Å². The lowest BCUT2D eigenvalue weighted by Gasteiger charge is -2.27. The maximum absolute atomic E-state index is 4.62. The van der Waals surface area contributed by atoms with Crippen LogP contribution in [0.1, 0.15) is 35.5 Å². The van der Waals surface area contributed by atoms with Gasteiger partial charge in [0, 0.05) is 24.2 Å². The van der Waals surface area contributed by atoms with Crippen molar-refractivity contribution in [2.24, 2.45) is 0 Å². The summed E-state index contributed by atoms with van der Waals surface area (Å²) in [4.78, 5) is 7.05. The van der Waals surface area contributed by atoms with Crippen LogP contribution in [0.25, 0.3) is 4.96 Å². The van der Waals surface area contributed by atoms with Crippen molar-refractivity contribution in [3.63, 3.8) is 0 Å². The van der Waals surface area contributed by atoms with Crippen molar-refractivity contribution in [2.45, 2.75) is 39.7 Å². The van der Waals surface area contributed by atoms with E-state index in [4.69, 9.17) is 0 Å². The fourth-order valence-corrected chi connectivity index (χ4v) is 3.45. The number of imidazole rings is 1. The first-order valence-corrected chi connectivity index (χ1v) is 7.48. The van der Waals surface area contributed by atoms with Crippen molar-refractivity contribution in [3.05, 3.63) is 22.5 Å². The molecule has 1 fully saturated rings. The predicted octanol–water partition coefficient (Wildman–Crippen LogP) is 2.50. The Balaban J connectivity index is 1.74. The third-order valence-corrected chi connectivity index (χ3v) is 4.47. The summed E-state index contributed by atoms with van der Waals surface area (Å²) in [6.07, 6.45) is 6.18. The fraction of sp³-hybridized carbons (Fsp3) is 0.615. The van der Waals surface area contributed by atoms with Gasteiger partial charge in [-0.25, -0.2) is 15.4 Å². The molecule has 0 radical (unpaired) electrons. The Morgan fingerprint density at radius 2 is 2.06 bits per heavy atom. The van der Waals surface area contributed by atoms with E-state index in [2.05, 4.69) is 39.9 Å². The van der Waals surface area contributed by atoms with Gasteiger partial charge in [-0.2, -0.15) is 0 Å². The maximum Gasteiger partial charge on any atom is 0.194 e. The molecule has 0 aliphatic carbocycles. The number of nitrogens with one attached hydrogen (secondary N) is 1. The van der Waals surface area contributed by atoms with Gasteiger partial charge in [0.25, 0.3) is 0 Å². The van der Waals surface area contributed by atoms with Gasteiger partial charge in [0.15, 0.2) is 4.96 Å². The quantitative estimate of drug-likeness (QED) is 0.924. The zero-order valence-corrected chi connectivity index (χ0v) is 11.9. The van der Waals surface area contributed by atoms with Gasteiger partial charge in [-0.05, 0) is 26.7 Å². The van der Waals surface area contributed by atoms with Gasteiger partial charge in [-0.1, -0.05) is 6.42 Å². The molecule has 5 heteroatoms. The van der Waals surface area contributed by atoms with Crippen molar-refractivity contribution in [3.8, 4) is 0 Å². The van der Waals surface area contributed by atoms with Crippen molar-refractivity contribution < 1.29 is 0 Å². The average molecular weight is 264 g/mol. The standard InChI is InChI=1S/C13H20N4S/c1-10-9-17-12(11(2)15-13(17)18-10)8-14-16-6-4-3-5-7-16/h9,14H,3-8H2,1-2H3. The zero-order valence-electron chi connectivity index (χ0n) is 11.1. The number of thiazole rings is 1. The summed E-state index contributed by atoms with van der Waals surface area (Å²) in [6, 6.07) is 0. The van der Waals surface area contributed by atoms with Crippen molar-refractivity contribution >= 4 is 16.3 Å². The van der Waals surface area contributed by atoms with E-state index in [1.54, 1.807) is 11.3 Å². The van der Waals surface area contributed by atoms with Gasteiger partial charge in [-0.15, -0.1) is 11.3 Å². The van der Waals surface area contributed by atoms with Gasteiger partial charge < -0.3 is 0 Å². The number of fused-ring (bicyclic) bond motifs is 1. The van der Waals surface area contributed by atoms with Crippen LogP contribution in [0.2, 0.25) is 0 Å². The highest BCUT2D eigenvalue weighted by atomic mass is 32.1. The smallest absolute Gasteiger partial charge is 0.194 e. The van der Waals surface area contributed by atoms with Crippen LogP contribution < -0.4 is 5.43 Å². The Hall–Kier alpha value is -0.910. The molecule has 0 unspecified atom stereocenters. The van der Waals surface area contributed by atoms with Gasteiger partial charge >= 0.3 is 0 Å². The van der Waals surface area contributed by atoms with E-state index in [0.717, 1.165) is 17.2 Å². The van der Waals surface area contributed by atoms with E-state index in [1.807, 2.05) is 0 Å². The number of nitrogens with zero attached hydrogens (tertiary/aromatic N) is 3. The SMILES string of the molecule is Cc1cn2c(CNN3CCCCC3)c(C)nc2s1. The lowest BCUT2D eigenvalue weighted by atomic mass is 10.2. The second-order valence-corrected chi connectivity index (χ2v) is 6.23. The van der Waals surface area contributed by atoms with Crippen LogP contribution in [0, 0.1) is 13.8 Å². The second kappa shape index (κ2) is 4.99. The predicted molar refractivity (Wildman–Crippen MR) is 74.8 cm³/mol. The maximum atomic E-state index is 4.62. The number of piperidine rings is 1. The van der Waals surface area contributed by atoms with Crippen molar-refractivity contribution in [1.29, 1.82) is 0 Å². The molecule has 3 rings (SSSR count). The highest BCUT2D eigenvalue weighted by Crippen LogP contribution is 2.20. The molecule has 1 aliphatic rings. The molecular formula is C13H20N4S. The monoisotopic (exact) mass is 264 g/mol. The lowest BCUT2D eigenvalue weighted by Crippen LogP contribution is -2.41. The summed E-state index contributed by atoms with van der Waals surface area (Å²) in [7, 11) is 0. The Morgan fingerprint density at radius 3 is 2.83 bits per heavy atom. The van der Waals surface area contributed by atoms with Crippen LogP contribution in [0.15, 0.2) is 6.20 Å². The molecule has 1 aliphatic heterocycles. The molecule has 2 aromatic rings. The summed E-state index contributed by atoms with van der Waals surface area (Å²) in [5, 5.41) is 2.35. The van der Waals surface area contributed by atoms with E-state index in [0.29, 0.717) is 0 Å². The number of hydrogen-bond acceptors (Lipinski definition) is 4. The van der Waals surface area contributed by atoms with Crippen LogP contribution in [0.5, 0.6) is 0 Å². The van der Waals surface area contributed by atoms with E-state index in [9.17, 15) is 0 Å². The zero-order chi connectivity index (χ0) is 12.5. The molecule has 1 saturated heterocycles. The Bertz CT molecular complexity index is 536. The number of aryl methyl sites for hydroxylation is 2. The van der Waals surface area contributed by atoms with Crippen LogP contribution in [0.3, 0.4) is 0 Å². The summed E-state index contributed by atoms with van der Waals surface area (Å²) in [6.45, 7) is 7.45. The molecule has 0 atom stereocenters. The number of hydrogen-bond donors (Lipinski definition) is 1. The molecular weight excluding hydrogens is 244 g/mol. The number of rotatable bonds is 3. The summed E-state index contributed by atoms with van der Waals surface area (Å²) >= 11 is 1.76. The summed E-state index contributed by atoms with van der Waals surface area (Å²) in [5.74, 6) is 0. The van der Waals surface area contributed by atoms with Gasteiger partial charge in [-0.3, -0.25) is 4.40 Å². The third-order valence-electron chi connectivity index (χ3n) is 3.57. The van der Waals surface area contributed by atoms with Gasteiger partial charge in [0.2, 0.25) is 0 Å². The van der Waals surface area contributed by atoms with E-state index < -0.39 is 0 Å². The minimum Gasteiger partial charge on any atom is -0.293 e. The molecule has 0 amide bonds. The van der Waals surface area contributed by atoms with E-state index in [-0.39, 0.29) is 0 Å². The molecule has 18 heavy (non-hydrogen) atoms. The van der Waals surface area contributed by atoms with Crippen LogP contribution >= 0.6 is 11.3 Å². The van der Waals surface area contributed by atoms with Crippen LogP contribution in [-0.2, 0) is 6.54 Å². The molecule has 2 aromatic heterocycles. The molecule has 0 aromatic carbocycles. The highest BCUT2D eigenvalue weighted by Gasteiger charge is 2.13. The minimum absolute atomic E-state index is 0.878. The first kappa shape index (κ1) is 12.1. The van der Waals surface area contributed by atoms with Gasteiger partial charge in [0.05, 0.1) is 17.9 Å². The number of aromatic nitrogens is 2. The molecule has 0 bridgehead atoms. The Labute approximate surface area is 112 Å². The lowest BCUT2D eigenvalue weighted by molar-refractivity contribution is 0.150. The van der Waals surface area contributed by atoms with Crippen LogP contribution in [0.4, 0.5) is 0 Å². The van der Waals surface area contributed by atoms with Gasteiger partial charge in [0.1, 0.15) is 0 Å². The fourth-order valence-electron chi connectivity index (χ4n) is 2.56. The second-order valence-electron chi connectivity index (χ2n) is 5.02. The van der Waals surface area contributed by atoms with Crippen molar-refractivity contribution in [2.75, 3.05) is 13.1 Å². The molecule has 0 spiro atoms. The third kappa shape index (κ3) is 2.30. The molecule has 4 nitrogen and oxygen atoms in total. The Morgan fingerprint density at radius 1 is 1.28 bits per heavy atom. The summed E-state index contributed by atoms with van der Waals surface area (Å²) < 4.78 is 2.23. The largest absolute Gasteiger partial charge is 0.293 e. The molecule has 98 valence electrons. The normalized spacial score (nSPS) is 17.7. The first-order valence-electron chi connectivity index (χ1n) is 6.66. The topological polar surface area (TPSA) is 32.6 Å². The molecule has 3 heterocycles. The highest BCUT2D eigenvalue weighted by molar-refractivity contribution is 7.17. The average Bonchev–Trinajstić information content (AvgIpc) is 2.84. The number of hydrazine groups is 1. The first-order chi connectivity index (χ1) is 8.74. The molecule has 1 N–H and O–H groups in total. The summed E-state index contributed by atoms with van der Waals surface area (Å²) in [5.41, 5.74) is 5.98. The molecule has 0 saturated carbocycles. The minimum atomic E-state index is 0.878. The Kier molecular flexibility index (Phi) is 3.37. The van der Waals surface area contributed by atoms with E-state index >= 15 is 0 Å².